The molecule has 2 fully saturated rings. The van der Waals surface area contributed by atoms with Gasteiger partial charge in [-0.3, -0.25) is 4.79 Å². The van der Waals surface area contributed by atoms with Gasteiger partial charge in [0.2, 0.25) is 0 Å². The van der Waals surface area contributed by atoms with E-state index in [1.807, 2.05) is 0 Å². The summed E-state index contributed by atoms with van der Waals surface area (Å²) in [6, 6.07) is 0.132. The van der Waals surface area contributed by atoms with E-state index in [4.69, 9.17) is 9.47 Å². The normalized spacial score (nSPS) is 34.1. The van der Waals surface area contributed by atoms with Crippen LogP contribution in [0.15, 0.2) is 0 Å². The van der Waals surface area contributed by atoms with E-state index in [-0.39, 0.29) is 24.0 Å². The van der Waals surface area contributed by atoms with Gasteiger partial charge in [-0.05, 0) is 38.1 Å². The minimum atomic E-state index is -0.122. The standard InChI is InChI=1S/C16H29NO3/c1-3-8-17-15-11-19-10-14(15)16(18)20-13-7-5-6-12(4-2)9-13/h12-15,17H,3-11H2,1-2H3. The van der Waals surface area contributed by atoms with Crippen molar-refractivity contribution in [3.63, 3.8) is 0 Å². The van der Waals surface area contributed by atoms with Crippen molar-refractivity contribution < 1.29 is 14.3 Å². The van der Waals surface area contributed by atoms with Gasteiger partial charge in [0.15, 0.2) is 0 Å². The number of carbonyl (C=O) groups is 1. The second-order valence-electron chi connectivity index (χ2n) is 6.20. The molecule has 1 saturated carbocycles. The second kappa shape index (κ2) is 7.99. The zero-order valence-corrected chi connectivity index (χ0v) is 12.9. The van der Waals surface area contributed by atoms with Gasteiger partial charge in [0, 0.05) is 6.04 Å². The van der Waals surface area contributed by atoms with Crippen LogP contribution in [0.3, 0.4) is 0 Å². The van der Waals surface area contributed by atoms with Crippen molar-refractivity contribution in [1.82, 2.24) is 5.32 Å². The van der Waals surface area contributed by atoms with Gasteiger partial charge in [-0.2, -0.15) is 0 Å². The third kappa shape index (κ3) is 4.19. The molecule has 1 N–H and O–H groups in total. The van der Waals surface area contributed by atoms with Crippen LogP contribution in [0.4, 0.5) is 0 Å². The zero-order valence-electron chi connectivity index (χ0n) is 12.9. The molecule has 4 atom stereocenters. The number of hydrogen-bond donors (Lipinski definition) is 1. The maximum atomic E-state index is 12.3. The fraction of sp³-hybridized carbons (Fsp3) is 0.938. The van der Waals surface area contributed by atoms with Crippen molar-refractivity contribution in [3.8, 4) is 0 Å². The smallest absolute Gasteiger partial charge is 0.313 e. The number of esters is 1. The first-order valence-corrected chi connectivity index (χ1v) is 8.26. The quantitative estimate of drug-likeness (QED) is 0.761. The number of ether oxygens (including phenoxy) is 2. The van der Waals surface area contributed by atoms with E-state index >= 15 is 0 Å². The Bertz CT molecular complexity index is 308. The van der Waals surface area contributed by atoms with E-state index < -0.39 is 0 Å². The van der Waals surface area contributed by atoms with Crippen LogP contribution < -0.4 is 5.32 Å². The molecule has 4 unspecified atom stereocenters. The van der Waals surface area contributed by atoms with Gasteiger partial charge in [0.1, 0.15) is 6.10 Å². The number of rotatable bonds is 6. The lowest BCUT2D eigenvalue weighted by Gasteiger charge is -2.29. The first-order chi connectivity index (χ1) is 9.74. The van der Waals surface area contributed by atoms with Crippen LogP contribution in [0.1, 0.15) is 52.4 Å². The van der Waals surface area contributed by atoms with E-state index in [2.05, 4.69) is 19.2 Å². The minimum Gasteiger partial charge on any atom is -0.462 e. The predicted octanol–water partition coefficient (Wildman–Crippen LogP) is 2.51. The Kier molecular flexibility index (Phi) is 6.30. The molecule has 0 aromatic rings. The summed E-state index contributed by atoms with van der Waals surface area (Å²) in [5.41, 5.74) is 0. The highest BCUT2D eigenvalue weighted by Gasteiger charge is 2.36. The molecule has 0 spiro atoms. The highest BCUT2D eigenvalue weighted by Crippen LogP contribution is 2.29. The van der Waals surface area contributed by atoms with Gasteiger partial charge in [-0.1, -0.05) is 26.7 Å². The molecule has 0 amide bonds. The molecular formula is C16H29NO3. The molecule has 1 saturated heterocycles. The molecule has 20 heavy (non-hydrogen) atoms. The molecule has 0 radical (unpaired) electrons. The van der Waals surface area contributed by atoms with Gasteiger partial charge >= 0.3 is 5.97 Å². The largest absolute Gasteiger partial charge is 0.462 e. The minimum absolute atomic E-state index is 0.0575. The van der Waals surface area contributed by atoms with Crippen molar-refractivity contribution >= 4 is 5.97 Å². The Morgan fingerprint density at radius 2 is 2.15 bits per heavy atom. The van der Waals surface area contributed by atoms with Gasteiger partial charge in [0.05, 0.1) is 19.1 Å². The SMILES string of the molecule is CCCNC1COCC1C(=O)OC1CCCC(CC)C1. The molecule has 1 aliphatic carbocycles. The lowest BCUT2D eigenvalue weighted by Crippen LogP contribution is -2.41. The van der Waals surface area contributed by atoms with Crippen LogP contribution in [0, 0.1) is 11.8 Å². The molecule has 2 rings (SSSR count). The lowest BCUT2D eigenvalue weighted by atomic mass is 9.85. The number of carbonyl (C=O) groups excluding carboxylic acids is 1. The summed E-state index contributed by atoms with van der Waals surface area (Å²) < 4.78 is 11.2. The monoisotopic (exact) mass is 283 g/mol. The highest BCUT2D eigenvalue weighted by molar-refractivity contribution is 5.74. The van der Waals surface area contributed by atoms with Gasteiger partial charge in [-0.15, -0.1) is 0 Å². The van der Waals surface area contributed by atoms with Gasteiger partial charge in [-0.25, -0.2) is 0 Å². The summed E-state index contributed by atoms with van der Waals surface area (Å²) in [6.45, 7) is 6.42. The zero-order chi connectivity index (χ0) is 14.4. The molecule has 4 nitrogen and oxygen atoms in total. The average Bonchev–Trinajstić information content (AvgIpc) is 2.93. The molecule has 116 valence electrons. The summed E-state index contributed by atoms with van der Waals surface area (Å²) in [4.78, 5) is 12.3. The van der Waals surface area contributed by atoms with Crippen LogP contribution in [0.5, 0.6) is 0 Å². The molecule has 4 heteroatoms. The van der Waals surface area contributed by atoms with Crippen LogP contribution in [0.25, 0.3) is 0 Å². The molecular weight excluding hydrogens is 254 g/mol. The Morgan fingerprint density at radius 1 is 1.30 bits per heavy atom. The Balaban J connectivity index is 1.81. The molecule has 2 aliphatic rings. The Labute approximate surface area is 122 Å². The maximum absolute atomic E-state index is 12.3. The van der Waals surface area contributed by atoms with Crippen molar-refractivity contribution in [3.05, 3.63) is 0 Å². The third-order valence-electron chi connectivity index (χ3n) is 4.63. The Morgan fingerprint density at radius 3 is 2.90 bits per heavy atom. The average molecular weight is 283 g/mol. The van der Waals surface area contributed by atoms with Crippen LogP contribution in [-0.4, -0.2) is 37.9 Å². The first-order valence-electron chi connectivity index (χ1n) is 8.26. The topological polar surface area (TPSA) is 47.6 Å². The number of hydrogen-bond acceptors (Lipinski definition) is 4. The van der Waals surface area contributed by atoms with Crippen LogP contribution >= 0.6 is 0 Å². The third-order valence-corrected chi connectivity index (χ3v) is 4.63. The molecule has 1 aliphatic heterocycles. The van der Waals surface area contributed by atoms with Crippen molar-refractivity contribution in [1.29, 1.82) is 0 Å². The molecule has 0 aromatic heterocycles. The Hall–Kier alpha value is -0.610. The highest BCUT2D eigenvalue weighted by atomic mass is 16.5. The summed E-state index contributed by atoms with van der Waals surface area (Å²) in [6.07, 6.45) is 6.95. The summed E-state index contributed by atoms with van der Waals surface area (Å²) in [5.74, 6) is 0.553. The van der Waals surface area contributed by atoms with E-state index in [0.29, 0.717) is 13.2 Å². The predicted molar refractivity (Wildman–Crippen MR) is 78.5 cm³/mol. The molecule has 0 aromatic carbocycles. The fourth-order valence-electron chi connectivity index (χ4n) is 3.29. The van der Waals surface area contributed by atoms with Crippen molar-refractivity contribution in [2.45, 2.75) is 64.5 Å². The first kappa shape index (κ1) is 15.8. The fourth-order valence-corrected chi connectivity index (χ4v) is 3.29. The molecule has 0 bridgehead atoms. The van der Waals surface area contributed by atoms with Crippen LogP contribution in [-0.2, 0) is 14.3 Å². The van der Waals surface area contributed by atoms with Crippen molar-refractivity contribution in [2.75, 3.05) is 19.8 Å². The molecule has 1 heterocycles. The van der Waals surface area contributed by atoms with E-state index in [1.54, 1.807) is 0 Å². The summed E-state index contributed by atoms with van der Waals surface area (Å²) >= 11 is 0. The van der Waals surface area contributed by atoms with Gasteiger partial charge in [0.25, 0.3) is 0 Å². The van der Waals surface area contributed by atoms with E-state index in [9.17, 15) is 4.79 Å². The van der Waals surface area contributed by atoms with E-state index in [1.165, 1.54) is 19.3 Å². The van der Waals surface area contributed by atoms with Crippen LogP contribution in [0.2, 0.25) is 0 Å². The second-order valence-corrected chi connectivity index (χ2v) is 6.20. The van der Waals surface area contributed by atoms with Gasteiger partial charge < -0.3 is 14.8 Å². The number of nitrogens with one attached hydrogen (secondary N) is 1. The lowest BCUT2D eigenvalue weighted by molar-refractivity contribution is -0.156. The maximum Gasteiger partial charge on any atom is 0.313 e. The van der Waals surface area contributed by atoms with E-state index in [0.717, 1.165) is 31.7 Å². The summed E-state index contributed by atoms with van der Waals surface area (Å²) in [7, 11) is 0. The van der Waals surface area contributed by atoms with Crippen molar-refractivity contribution in [2.24, 2.45) is 11.8 Å². The summed E-state index contributed by atoms with van der Waals surface area (Å²) in [5, 5.41) is 3.39.